The van der Waals surface area contributed by atoms with Crippen molar-refractivity contribution in [1.29, 1.82) is 0 Å². The van der Waals surface area contributed by atoms with E-state index in [2.05, 4.69) is 34.1 Å². The number of benzene rings is 1. The highest BCUT2D eigenvalue weighted by Gasteiger charge is 2.19. The van der Waals surface area contributed by atoms with E-state index in [0.717, 1.165) is 11.3 Å². The molecule has 0 radical (unpaired) electrons. The summed E-state index contributed by atoms with van der Waals surface area (Å²) in [7, 11) is 1.63. The predicted octanol–water partition coefficient (Wildman–Crippen LogP) is 2.35. The van der Waals surface area contributed by atoms with Crippen LogP contribution < -0.4 is 10.1 Å². The van der Waals surface area contributed by atoms with Gasteiger partial charge in [-0.25, -0.2) is 15.0 Å². The van der Waals surface area contributed by atoms with Gasteiger partial charge in [-0.3, -0.25) is 4.79 Å². The molecule has 7 heteroatoms. The molecule has 1 amide bonds. The number of imidazole rings is 1. The van der Waals surface area contributed by atoms with Crippen LogP contribution in [0.25, 0.3) is 11.3 Å². The van der Waals surface area contributed by atoms with Gasteiger partial charge >= 0.3 is 0 Å². The van der Waals surface area contributed by atoms with E-state index in [9.17, 15) is 4.79 Å². The van der Waals surface area contributed by atoms with Crippen molar-refractivity contribution >= 4 is 17.2 Å². The van der Waals surface area contributed by atoms with E-state index in [0.29, 0.717) is 11.3 Å². The second-order valence-electron chi connectivity index (χ2n) is 6.14. The number of carbonyl (C=O) groups is 1. The maximum atomic E-state index is 12.5. The molecular formula is C18H21N5O2. The number of ether oxygens (including phenoxy) is 1. The number of fused-ring (bicyclic) bond motifs is 1. The zero-order valence-corrected chi connectivity index (χ0v) is 14.5. The monoisotopic (exact) mass is 339 g/mol. The summed E-state index contributed by atoms with van der Waals surface area (Å²) in [6, 6.07) is 7.66. The highest BCUT2D eigenvalue weighted by Crippen LogP contribution is 2.24. The largest absolute Gasteiger partial charge is 0.497 e. The SMILES string of the molecule is COc1ccc(C(NC(=O)Cn2cnc3nccnc32)C(C)C)cc1. The third-order valence-electron chi connectivity index (χ3n) is 4.02. The zero-order chi connectivity index (χ0) is 17.8. The molecule has 0 saturated heterocycles. The summed E-state index contributed by atoms with van der Waals surface area (Å²) in [6.07, 6.45) is 4.76. The van der Waals surface area contributed by atoms with Crippen LogP contribution in [0, 0.1) is 5.92 Å². The number of hydrogen-bond donors (Lipinski definition) is 1. The first kappa shape index (κ1) is 16.9. The molecule has 0 aliphatic heterocycles. The molecule has 0 fully saturated rings. The Balaban J connectivity index is 1.74. The van der Waals surface area contributed by atoms with Crippen molar-refractivity contribution in [3.8, 4) is 5.75 Å². The quantitative estimate of drug-likeness (QED) is 0.745. The number of carbonyl (C=O) groups excluding carboxylic acids is 1. The van der Waals surface area contributed by atoms with Gasteiger partial charge in [0.2, 0.25) is 5.91 Å². The lowest BCUT2D eigenvalue weighted by Gasteiger charge is -2.23. The first-order valence-electron chi connectivity index (χ1n) is 8.13. The lowest BCUT2D eigenvalue weighted by atomic mass is 9.96. The van der Waals surface area contributed by atoms with Gasteiger partial charge in [-0.1, -0.05) is 26.0 Å². The minimum absolute atomic E-state index is 0.0840. The first-order chi connectivity index (χ1) is 12.1. The molecule has 2 aromatic heterocycles. The molecule has 25 heavy (non-hydrogen) atoms. The lowest BCUT2D eigenvalue weighted by Crippen LogP contribution is -2.34. The highest BCUT2D eigenvalue weighted by molar-refractivity contribution is 5.78. The number of aromatic nitrogens is 4. The Hall–Kier alpha value is -2.96. The molecule has 0 saturated carbocycles. The van der Waals surface area contributed by atoms with Gasteiger partial charge in [0, 0.05) is 12.4 Å². The molecule has 2 heterocycles. The zero-order valence-electron chi connectivity index (χ0n) is 14.5. The summed E-state index contributed by atoms with van der Waals surface area (Å²) >= 11 is 0. The van der Waals surface area contributed by atoms with Crippen molar-refractivity contribution in [2.24, 2.45) is 5.92 Å². The maximum Gasteiger partial charge on any atom is 0.240 e. The molecule has 1 unspecified atom stereocenters. The topological polar surface area (TPSA) is 81.9 Å². The predicted molar refractivity (Wildman–Crippen MR) is 94.0 cm³/mol. The third-order valence-corrected chi connectivity index (χ3v) is 4.02. The Morgan fingerprint density at radius 2 is 1.88 bits per heavy atom. The van der Waals surface area contributed by atoms with Gasteiger partial charge in [-0.15, -0.1) is 0 Å². The summed E-state index contributed by atoms with van der Waals surface area (Å²) in [5.74, 6) is 0.942. The van der Waals surface area contributed by atoms with Crippen molar-refractivity contribution in [2.75, 3.05) is 7.11 Å². The van der Waals surface area contributed by atoms with Crippen molar-refractivity contribution in [3.05, 3.63) is 48.5 Å². The number of nitrogens with one attached hydrogen (secondary N) is 1. The minimum Gasteiger partial charge on any atom is -0.497 e. The number of hydrogen-bond acceptors (Lipinski definition) is 5. The molecule has 130 valence electrons. The highest BCUT2D eigenvalue weighted by atomic mass is 16.5. The van der Waals surface area contributed by atoms with Gasteiger partial charge in [0.05, 0.1) is 19.5 Å². The van der Waals surface area contributed by atoms with Crippen LogP contribution in [0.3, 0.4) is 0 Å². The van der Waals surface area contributed by atoms with E-state index in [1.165, 1.54) is 0 Å². The van der Waals surface area contributed by atoms with Gasteiger partial charge in [0.25, 0.3) is 0 Å². The number of rotatable bonds is 6. The molecular weight excluding hydrogens is 318 g/mol. The molecule has 0 spiro atoms. The third kappa shape index (κ3) is 3.76. The average Bonchev–Trinajstić information content (AvgIpc) is 3.03. The molecule has 3 aromatic rings. The van der Waals surface area contributed by atoms with Crippen molar-refractivity contribution in [1.82, 2.24) is 24.8 Å². The van der Waals surface area contributed by atoms with Crippen LogP contribution in [0.2, 0.25) is 0 Å². The average molecular weight is 339 g/mol. The summed E-state index contributed by atoms with van der Waals surface area (Å²) < 4.78 is 6.89. The normalized spacial score (nSPS) is 12.3. The minimum atomic E-state index is -0.0977. The summed E-state index contributed by atoms with van der Waals surface area (Å²) in [5.41, 5.74) is 2.17. The molecule has 7 nitrogen and oxygen atoms in total. The van der Waals surface area contributed by atoms with Crippen molar-refractivity contribution < 1.29 is 9.53 Å². The lowest BCUT2D eigenvalue weighted by molar-refractivity contribution is -0.122. The van der Waals surface area contributed by atoms with Crippen LogP contribution >= 0.6 is 0 Å². The van der Waals surface area contributed by atoms with Crippen LogP contribution in [0.1, 0.15) is 25.5 Å². The summed E-state index contributed by atoms with van der Waals surface area (Å²) in [4.78, 5) is 25.0. The molecule has 1 atom stereocenters. The molecule has 1 aromatic carbocycles. The molecule has 0 aliphatic carbocycles. The fraction of sp³-hybridized carbons (Fsp3) is 0.333. The van der Waals surface area contributed by atoms with Gasteiger partial charge in [0.1, 0.15) is 12.3 Å². The first-order valence-corrected chi connectivity index (χ1v) is 8.13. The number of amides is 1. The van der Waals surface area contributed by atoms with Gasteiger partial charge in [0.15, 0.2) is 11.3 Å². The second-order valence-corrected chi connectivity index (χ2v) is 6.14. The van der Waals surface area contributed by atoms with Crippen LogP contribution in [-0.2, 0) is 11.3 Å². The van der Waals surface area contributed by atoms with Crippen LogP contribution in [-0.4, -0.2) is 32.5 Å². The summed E-state index contributed by atoms with van der Waals surface area (Å²) in [6.45, 7) is 4.30. The summed E-state index contributed by atoms with van der Waals surface area (Å²) in [5, 5.41) is 3.10. The van der Waals surface area contributed by atoms with Crippen molar-refractivity contribution in [2.45, 2.75) is 26.4 Å². The molecule has 0 aliphatic rings. The molecule has 1 N–H and O–H groups in total. The van der Waals surface area contributed by atoms with E-state index in [-0.39, 0.29) is 24.4 Å². The van der Waals surface area contributed by atoms with Gasteiger partial charge in [-0.2, -0.15) is 0 Å². The van der Waals surface area contributed by atoms with Crippen LogP contribution in [0.15, 0.2) is 43.0 Å². The van der Waals surface area contributed by atoms with Gasteiger partial charge < -0.3 is 14.6 Å². The molecule has 3 rings (SSSR count). The number of nitrogens with zero attached hydrogens (tertiary/aromatic N) is 4. The smallest absolute Gasteiger partial charge is 0.240 e. The Labute approximate surface area is 146 Å². The van der Waals surface area contributed by atoms with E-state index < -0.39 is 0 Å². The van der Waals surface area contributed by atoms with Crippen LogP contribution in [0.5, 0.6) is 5.75 Å². The van der Waals surface area contributed by atoms with Gasteiger partial charge in [-0.05, 0) is 23.6 Å². The fourth-order valence-electron chi connectivity index (χ4n) is 2.73. The Morgan fingerprint density at radius 1 is 1.16 bits per heavy atom. The van der Waals surface area contributed by atoms with E-state index in [1.54, 1.807) is 30.4 Å². The Bertz CT molecular complexity index is 857. The maximum absolute atomic E-state index is 12.5. The van der Waals surface area contributed by atoms with Crippen molar-refractivity contribution in [3.63, 3.8) is 0 Å². The Kier molecular flexibility index (Phi) is 4.92. The fourth-order valence-corrected chi connectivity index (χ4v) is 2.73. The molecule has 0 bridgehead atoms. The Morgan fingerprint density at radius 3 is 2.56 bits per heavy atom. The number of methoxy groups -OCH3 is 1. The van der Waals surface area contributed by atoms with Crippen LogP contribution in [0.4, 0.5) is 0 Å². The standard InChI is InChI=1S/C18H21N5O2/c1-12(2)16(13-4-6-14(25-3)7-5-13)22-15(24)10-23-11-21-17-18(23)20-9-8-19-17/h4-9,11-12,16H,10H2,1-3H3,(H,22,24). The van der Waals surface area contributed by atoms with E-state index in [1.807, 2.05) is 24.3 Å². The van der Waals surface area contributed by atoms with E-state index >= 15 is 0 Å². The second kappa shape index (κ2) is 7.29. The van der Waals surface area contributed by atoms with E-state index in [4.69, 9.17) is 4.74 Å².